The van der Waals surface area contributed by atoms with Crippen LogP contribution in [0.3, 0.4) is 0 Å². The number of hydrogen-bond donors (Lipinski definition) is 1. The maximum atomic E-state index is 13.3. The molecule has 0 bridgehead atoms. The largest absolute Gasteiger partial charge is 0.491 e. The van der Waals surface area contributed by atoms with Gasteiger partial charge >= 0.3 is 6.09 Å². The number of hydrogen-bond acceptors (Lipinski definition) is 4. The zero-order chi connectivity index (χ0) is 26.2. The first-order valence-electron chi connectivity index (χ1n) is 12.7. The normalized spacial score (nSPS) is 19.7. The molecule has 6 heteroatoms. The van der Waals surface area contributed by atoms with E-state index in [1.54, 1.807) is 0 Å². The predicted molar refractivity (Wildman–Crippen MR) is 143 cm³/mol. The summed E-state index contributed by atoms with van der Waals surface area (Å²) >= 11 is 0. The summed E-state index contributed by atoms with van der Waals surface area (Å²) in [6, 6.07) is 18.0. The number of allylic oxidation sites excluding steroid dienone is 1. The van der Waals surface area contributed by atoms with E-state index in [0.717, 1.165) is 30.6 Å². The van der Waals surface area contributed by atoms with Crippen LogP contribution in [-0.2, 0) is 22.5 Å². The van der Waals surface area contributed by atoms with Crippen molar-refractivity contribution in [2.75, 3.05) is 13.2 Å². The Kier molecular flexibility index (Phi) is 9.19. The highest BCUT2D eigenvalue weighted by Gasteiger charge is 2.47. The minimum atomic E-state index is -0.527. The summed E-state index contributed by atoms with van der Waals surface area (Å²) in [5, 5.41) is 2.76. The minimum absolute atomic E-state index is 0.0201. The summed E-state index contributed by atoms with van der Waals surface area (Å²) in [6.45, 7) is 12.9. The van der Waals surface area contributed by atoms with Gasteiger partial charge in [0.25, 0.3) is 0 Å². The molecule has 36 heavy (non-hydrogen) atoms. The van der Waals surface area contributed by atoms with Crippen molar-refractivity contribution in [3.8, 4) is 5.75 Å². The standard InChI is InChI=1S/C30H40N2O4/c1-6-18-30(5)20-25(32(27(30)33)19-10-13-23-11-8-7-9-12-23)22-35-26-16-14-24(15-17-26)21-31-28(34)36-29(2,3)4/h6-9,11-12,14-17,25H,1,10,13,18-22H2,2-5H3,(H,31,34). The molecule has 1 aliphatic heterocycles. The molecule has 6 nitrogen and oxygen atoms in total. The van der Waals surface area contributed by atoms with E-state index >= 15 is 0 Å². The summed E-state index contributed by atoms with van der Waals surface area (Å²) in [7, 11) is 0. The highest BCUT2D eigenvalue weighted by atomic mass is 16.6. The molecule has 0 spiro atoms. The highest BCUT2D eigenvalue weighted by Crippen LogP contribution is 2.39. The van der Waals surface area contributed by atoms with Crippen LogP contribution in [0.5, 0.6) is 5.75 Å². The van der Waals surface area contributed by atoms with Crippen LogP contribution in [0.2, 0.25) is 0 Å². The van der Waals surface area contributed by atoms with Crippen molar-refractivity contribution in [3.63, 3.8) is 0 Å². The number of amides is 2. The number of rotatable bonds is 11. The topological polar surface area (TPSA) is 67.9 Å². The Labute approximate surface area is 215 Å². The lowest BCUT2D eigenvalue weighted by atomic mass is 9.84. The number of nitrogens with one attached hydrogen (secondary N) is 1. The SMILES string of the molecule is C=CCC1(C)CC(COc2ccc(CNC(=O)OC(C)(C)C)cc2)N(CCCc2ccccc2)C1=O. The molecule has 1 fully saturated rings. The Bertz CT molecular complexity index is 1010. The Hall–Kier alpha value is -3.28. The number of carbonyl (C=O) groups is 2. The third-order valence-electron chi connectivity index (χ3n) is 6.41. The fourth-order valence-corrected chi connectivity index (χ4v) is 4.63. The van der Waals surface area contributed by atoms with Crippen LogP contribution >= 0.6 is 0 Å². The number of aryl methyl sites for hydroxylation is 1. The fourth-order valence-electron chi connectivity index (χ4n) is 4.63. The molecule has 2 aromatic carbocycles. The van der Waals surface area contributed by atoms with E-state index in [2.05, 4.69) is 24.0 Å². The van der Waals surface area contributed by atoms with E-state index in [9.17, 15) is 9.59 Å². The molecule has 0 saturated carbocycles. The fraction of sp³-hybridized carbons (Fsp3) is 0.467. The second kappa shape index (κ2) is 12.1. The van der Waals surface area contributed by atoms with E-state index < -0.39 is 17.1 Å². The van der Waals surface area contributed by atoms with Crippen molar-refractivity contribution in [2.45, 2.75) is 71.6 Å². The number of likely N-dealkylation sites (tertiary alicyclic amines) is 1. The van der Waals surface area contributed by atoms with Crippen LogP contribution in [0.15, 0.2) is 67.3 Å². The van der Waals surface area contributed by atoms with Crippen LogP contribution in [0.4, 0.5) is 4.79 Å². The van der Waals surface area contributed by atoms with Gasteiger partial charge in [-0.25, -0.2) is 4.79 Å². The predicted octanol–water partition coefficient (Wildman–Crippen LogP) is 5.91. The van der Waals surface area contributed by atoms with E-state index in [4.69, 9.17) is 9.47 Å². The van der Waals surface area contributed by atoms with Crippen LogP contribution in [-0.4, -0.2) is 41.7 Å². The number of carbonyl (C=O) groups excluding carboxylic acids is 2. The molecule has 2 unspecified atom stereocenters. The van der Waals surface area contributed by atoms with E-state index in [-0.39, 0.29) is 11.9 Å². The lowest BCUT2D eigenvalue weighted by Gasteiger charge is -2.25. The molecule has 0 aliphatic carbocycles. The monoisotopic (exact) mass is 492 g/mol. The average molecular weight is 493 g/mol. The van der Waals surface area contributed by atoms with Gasteiger partial charge in [-0.15, -0.1) is 6.58 Å². The van der Waals surface area contributed by atoms with E-state index in [1.807, 2.05) is 81.1 Å². The Balaban J connectivity index is 1.55. The first-order chi connectivity index (χ1) is 17.1. The van der Waals surface area contributed by atoms with Gasteiger partial charge < -0.3 is 19.7 Å². The van der Waals surface area contributed by atoms with Crippen LogP contribution in [0.1, 0.15) is 58.1 Å². The van der Waals surface area contributed by atoms with Crippen molar-refractivity contribution >= 4 is 12.0 Å². The van der Waals surface area contributed by atoms with Crippen LogP contribution in [0.25, 0.3) is 0 Å². The zero-order valence-electron chi connectivity index (χ0n) is 22.1. The third-order valence-corrected chi connectivity index (χ3v) is 6.41. The van der Waals surface area contributed by atoms with E-state index in [1.165, 1.54) is 5.56 Å². The van der Waals surface area contributed by atoms with E-state index in [0.29, 0.717) is 26.1 Å². The molecule has 2 aromatic rings. The molecule has 2 atom stereocenters. The second-order valence-electron chi connectivity index (χ2n) is 10.8. The van der Waals surface area contributed by atoms with Gasteiger partial charge in [0.1, 0.15) is 18.0 Å². The molecular formula is C30H40N2O4. The number of ether oxygens (including phenoxy) is 2. The Morgan fingerprint density at radius 3 is 2.47 bits per heavy atom. The summed E-state index contributed by atoms with van der Waals surface area (Å²) in [4.78, 5) is 27.2. The molecule has 0 aromatic heterocycles. The molecule has 194 valence electrons. The van der Waals surface area contributed by atoms with Crippen molar-refractivity contribution in [2.24, 2.45) is 5.41 Å². The van der Waals surface area contributed by atoms with Gasteiger partial charge in [-0.1, -0.05) is 55.5 Å². The Morgan fingerprint density at radius 1 is 1.14 bits per heavy atom. The number of benzene rings is 2. The maximum Gasteiger partial charge on any atom is 0.407 e. The van der Waals surface area contributed by atoms with Gasteiger partial charge in [-0.2, -0.15) is 0 Å². The first-order valence-corrected chi connectivity index (χ1v) is 12.7. The van der Waals surface area contributed by atoms with Gasteiger partial charge in [0.2, 0.25) is 5.91 Å². The molecule has 3 rings (SSSR count). The maximum absolute atomic E-state index is 13.3. The molecule has 1 heterocycles. The van der Waals surface area contributed by atoms with Crippen LogP contribution in [0, 0.1) is 5.41 Å². The molecule has 2 amide bonds. The lowest BCUT2D eigenvalue weighted by Crippen LogP contribution is -2.39. The Morgan fingerprint density at radius 2 is 1.83 bits per heavy atom. The summed E-state index contributed by atoms with van der Waals surface area (Å²) in [6.07, 6.45) is 4.67. The summed E-state index contributed by atoms with van der Waals surface area (Å²) in [5.41, 5.74) is 1.28. The second-order valence-corrected chi connectivity index (χ2v) is 10.8. The van der Waals surface area contributed by atoms with Gasteiger partial charge in [0, 0.05) is 13.1 Å². The quantitative estimate of drug-likeness (QED) is 0.396. The number of nitrogens with zero attached hydrogens (tertiary/aromatic N) is 1. The molecule has 1 N–H and O–H groups in total. The summed E-state index contributed by atoms with van der Waals surface area (Å²) in [5.74, 6) is 0.928. The van der Waals surface area contributed by atoms with Gasteiger partial charge in [-0.05, 0) is 69.7 Å². The highest BCUT2D eigenvalue weighted by molar-refractivity contribution is 5.85. The average Bonchev–Trinajstić information content (AvgIpc) is 3.06. The van der Waals surface area contributed by atoms with Crippen molar-refractivity contribution in [3.05, 3.63) is 78.4 Å². The zero-order valence-corrected chi connectivity index (χ0v) is 22.1. The molecule has 1 aliphatic rings. The van der Waals surface area contributed by atoms with Gasteiger partial charge in [0.05, 0.1) is 11.5 Å². The first kappa shape index (κ1) is 27.3. The van der Waals surface area contributed by atoms with Crippen LogP contribution < -0.4 is 10.1 Å². The molecule has 0 radical (unpaired) electrons. The smallest absolute Gasteiger partial charge is 0.407 e. The van der Waals surface area contributed by atoms with Crippen molar-refractivity contribution in [1.82, 2.24) is 10.2 Å². The van der Waals surface area contributed by atoms with Crippen molar-refractivity contribution in [1.29, 1.82) is 0 Å². The number of alkyl carbamates (subject to hydrolysis) is 1. The molecular weight excluding hydrogens is 452 g/mol. The lowest BCUT2D eigenvalue weighted by molar-refractivity contribution is -0.136. The summed E-state index contributed by atoms with van der Waals surface area (Å²) < 4.78 is 11.4. The third kappa shape index (κ3) is 7.87. The van der Waals surface area contributed by atoms with Crippen molar-refractivity contribution < 1.29 is 19.1 Å². The van der Waals surface area contributed by atoms with Gasteiger partial charge in [0.15, 0.2) is 0 Å². The minimum Gasteiger partial charge on any atom is -0.491 e. The van der Waals surface area contributed by atoms with Gasteiger partial charge in [-0.3, -0.25) is 4.79 Å². The molecule has 1 saturated heterocycles.